The first kappa shape index (κ1) is 13.0. The van der Waals surface area contributed by atoms with Crippen LogP contribution in [0.2, 0.25) is 5.15 Å². The van der Waals surface area contributed by atoms with Crippen molar-refractivity contribution in [1.82, 2.24) is 14.9 Å². The monoisotopic (exact) mass is 261 g/mol. The maximum absolute atomic E-state index is 5.76. The zero-order valence-electron chi connectivity index (χ0n) is 10.4. The van der Waals surface area contributed by atoms with Gasteiger partial charge in [0.05, 0.1) is 0 Å². The van der Waals surface area contributed by atoms with Crippen molar-refractivity contribution in [3.8, 4) is 0 Å². The number of hydrogen-bond acceptors (Lipinski definition) is 3. The minimum absolute atomic E-state index is 0.540. The molecule has 0 saturated carbocycles. The predicted molar refractivity (Wildman–Crippen MR) is 73.5 cm³/mol. The van der Waals surface area contributed by atoms with E-state index in [9.17, 15) is 0 Å². The van der Waals surface area contributed by atoms with Crippen molar-refractivity contribution < 1.29 is 0 Å². The van der Waals surface area contributed by atoms with E-state index in [1.165, 1.54) is 11.1 Å². The standard InChI is InChI=1S/C14H16ClN3/c1-18(9-6-12-4-7-16-8-5-12)11-13-2-3-14(15)17-10-13/h2-5,7-8,10H,6,9,11H2,1H3. The Balaban J connectivity index is 1.82. The van der Waals surface area contributed by atoms with Gasteiger partial charge in [0, 0.05) is 31.7 Å². The van der Waals surface area contributed by atoms with Crippen molar-refractivity contribution in [2.24, 2.45) is 0 Å². The lowest BCUT2D eigenvalue weighted by molar-refractivity contribution is 0.331. The van der Waals surface area contributed by atoms with E-state index in [1.54, 1.807) is 0 Å². The van der Waals surface area contributed by atoms with Crippen LogP contribution in [0.1, 0.15) is 11.1 Å². The molecule has 0 unspecified atom stereocenters. The van der Waals surface area contributed by atoms with E-state index in [4.69, 9.17) is 11.6 Å². The quantitative estimate of drug-likeness (QED) is 0.775. The van der Waals surface area contributed by atoms with Gasteiger partial charge in [-0.25, -0.2) is 4.98 Å². The molecule has 0 atom stereocenters. The Morgan fingerprint density at radius 1 is 1.11 bits per heavy atom. The molecule has 0 saturated heterocycles. The lowest BCUT2D eigenvalue weighted by Crippen LogP contribution is -2.20. The van der Waals surface area contributed by atoms with Crippen molar-refractivity contribution in [3.63, 3.8) is 0 Å². The minimum atomic E-state index is 0.540. The van der Waals surface area contributed by atoms with E-state index in [0.717, 1.165) is 19.5 Å². The first-order valence-corrected chi connectivity index (χ1v) is 6.30. The minimum Gasteiger partial charge on any atom is -0.302 e. The van der Waals surface area contributed by atoms with Gasteiger partial charge in [0.1, 0.15) is 5.15 Å². The van der Waals surface area contributed by atoms with Crippen LogP contribution < -0.4 is 0 Å². The lowest BCUT2D eigenvalue weighted by atomic mass is 10.2. The highest BCUT2D eigenvalue weighted by Crippen LogP contribution is 2.08. The van der Waals surface area contributed by atoms with Crippen molar-refractivity contribution in [1.29, 1.82) is 0 Å². The van der Waals surface area contributed by atoms with Gasteiger partial charge in [-0.05, 0) is 42.8 Å². The molecule has 2 rings (SSSR count). The van der Waals surface area contributed by atoms with Gasteiger partial charge in [-0.3, -0.25) is 4.98 Å². The average molecular weight is 262 g/mol. The number of pyridine rings is 2. The molecule has 0 radical (unpaired) electrons. The van der Waals surface area contributed by atoms with Crippen molar-refractivity contribution in [3.05, 3.63) is 59.1 Å². The number of likely N-dealkylation sites (N-methyl/N-ethyl adjacent to an activating group) is 1. The van der Waals surface area contributed by atoms with E-state index >= 15 is 0 Å². The largest absolute Gasteiger partial charge is 0.302 e. The van der Waals surface area contributed by atoms with E-state index in [-0.39, 0.29) is 0 Å². The number of halogens is 1. The van der Waals surface area contributed by atoms with E-state index in [2.05, 4.69) is 34.0 Å². The Morgan fingerprint density at radius 3 is 2.56 bits per heavy atom. The molecule has 0 spiro atoms. The molecule has 3 nitrogen and oxygen atoms in total. The Morgan fingerprint density at radius 2 is 1.89 bits per heavy atom. The van der Waals surface area contributed by atoms with Crippen LogP contribution in [-0.4, -0.2) is 28.5 Å². The smallest absolute Gasteiger partial charge is 0.129 e. The van der Waals surface area contributed by atoms with Crippen LogP contribution in [-0.2, 0) is 13.0 Å². The maximum Gasteiger partial charge on any atom is 0.129 e. The summed E-state index contributed by atoms with van der Waals surface area (Å²) in [6.45, 7) is 1.89. The fourth-order valence-corrected chi connectivity index (χ4v) is 1.87. The van der Waals surface area contributed by atoms with Crippen LogP contribution in [0.4, 0.5) is 0 Å². The summed E-state index contributed by atoms with van der Waals surface area (Å²) >= 11 is 5.76. The summed E-state index contributed by atoms with van der Waals surface area (Å²) in [7, 11) is 2.11. The van der Waals surface area contributed by atoms with E-state index in [0.29, 0.717) is 5.15 Å². The molecular weight excluding hydrogens is 246 g/mol. The van der Waals surface area contributed by atoms with Gasteiger partial charge in [0.15, 0.2) is 0 Å². The van der Waals surface area contributed by atoms with Gasteiger partial charge < -0.3 is 4.90 Å². The summed E-state index contributed by atoms with van der Waals surface area (Å²) in [6, 6.07) is 7.95. The molecule has 2 aromatic rings. The predicted octanol–water partition coefficient (Wildman–Crippen LogP) is 2.80. The fraction of sp³-hybridized carbons (Fsp3) is 0.286. The van der Waals surface area contributed by atoms with Crippen molar-refractivity contribution in [2.45, 2.75) is 13.0 Å². The average Bonchev–Trinajstić information content (AvgIpc) is 2.40. The number of rotatable bonds is 5. The molecule has 0 N–H and O–H groups in total. The van der Waals surface area contributed by atoms with Gasteiger partial charge in [-0.15, -0.1) is 0 Å². The van der Waals surface area contributed by atoms with Crippen LogP contribution in [0.25, 0.3) is 0 Å². The van der Waals surface area contributed by atoms with Gasteiger partial charge >= 0.3 is 0 Å². The zero-order chi connectivity index (χ0) is 12.8. The third-order valence-corrected chi connectivity index (χ3v) is 3.00. The third-order valence-electron chi connectivity index (χ3n) is 2.77. The van der Waals surface area contributed by atoms with Crippen LogP contribution in [0, 0.1) is 0 Å². The number of nitrogens with zero attached hydrogens (tertiary/aromatic N) is 3. The zero-order valence-corrected chi connectivity index (χ0v) is 11.1. The fourth-order valence-electron chi connectivity index (χ4n) is 1.76. The summed E-state index contributed by atoms with van der Waals surface area (Å²) < 4.78 is 0. The summed E-state index contributed by atoms with van der Waals surface area (Å²) in [5, 5.41) is 0.540. The van der Waals surface area contributed by atoms with Crippen molar-refractivity contribution in [2.75, 3.05) is 13.6 Å². The number of aromatic nitrogens is 2. The van der Waals surface area contributed by atoms with Gasteiger partial charge in [0.2, 0.25) is 0 Å². The summed E-state index contributed by atoms with van der Waals surface area (Å²) in [5.41, 5.74) is 2.49. The Hall–Kier alpha value is -1.45. The second-order valence-corrected chi connectivity index (χ2v) is 4.72. The van der Waals surface area contributed by atoms with Crippen LogP contribution in [0.3, 0.4) is 0 Å². The Labute approximate surface area is 112 Å². The molecule has 0 fully saturated rings. The van der Waals surface area contributed by atoms with Gasteiger partial charge in [0.25, 0.3) is 0 Å². The molecule has 0 aliphatic heterocycles. The molecule has 2 aromatic heterocycles. The first-order valence-electron chi connectivity index (χ1n) is 5.92. The number of hydrogen-bond donors (Lipinski definition) is 0. The molecule has 0 aliphatic carbocycles. The molecule has 2 heterocycles. The second kappa shape index (κ2) is 6.47. The van der Waals surface area contributed by atoms with E-state index < -0.39 is 0 Å². The highest BCUT2D eigenvalue weighted by molar-refractivity contribution is 6.29. The van der Waals surface area contributed by atoms with Gasteiger partial charge in [-0.2, -0.15) is 0 Å². The first-order chi connectivity index (χ1) is 8.74. The van der Waals surface area contributed by atoms with Crippen LogP contribution >= 0.6 is 11.6 Å². The molecule has 94 valence electrons. The van der Waals surface area contributed by atoms with Crippen LogP contribution in [0.15, 0.2) is 42.9 Å². The molecule has 18 heavy (non-hydrogen) atoms. The Kier molecular flexibility index (Phi) is 4.67. The normalized spacial score (nSPS) is 10.8. The third kappa shape index (κ3) is 4.09. The summed E-state index contributed by atoms with van der Waals surface area (Å²) in [4.78, 5) is 10.4. The molecule has 0 aromatic carbocycles. The molecule has 4 heteroatoms. The lowest BCUT2D eigenvalue weighted by Gasteiger charge is -2.16. The highest BCUT2D eigenvalue weighted by Gasteiger charge is 2.01. The topological polar surface area (TPSA) is 29.0 Å². The maximum atomic E-state index is 5.76. The van der Waals surface area contributed by atoms with Gasteiger partial charge in [-0.1, -0.05) is 17.7 Å². The van der Waals surface area contributed by atoms with E-state index in [1.807, 2.05) is 30.7 Å². The van der Waals surface area contributed by atoms with Crippen LogP contribution in [0.5, 0.6) is 0 Å². The molecule has 0 bridgehead atoms. The Bertz CT molecular complexity index is 470. The molecule has 0 aliphatic rings. The molecule has 0 amide bonds. The summed E-state index contributed by atoms with van der Waals surface area (Å²) in [5.74, 6) is 0. The highest BCUT2D eigenvalue weighted by atomic mass is 35.5. The SMILES string of the molecule is CN(CCc1ccncc1)Cc1ccc(Cl)nc1. The second-order valence-electron chi connectivity index (χ2n) is 4.33. The molecular formula is C14H16ClN3. The van der Waals surface area contributed by atoms with Crippen molar-refractivity contribution >= 4 is 11.6 Å². The summed E-state index contributed by atoms with van der Waals surface area (Å²) in [6.07, 6.45) is 6.52.